The Morgan fingerprint density at radius 2 is 1.46 bits per heavy atom. The summed E-state index contributed by atoms with van der Waals surface area (Å²) in [4.78, 5) is 31.7. The minimum Gasteiger partial charge on any atom is -0.477 e. The van der Waals surface area contributed by atoms with Crippen molar-refractivity contribution in [2.75, 3.05) is 49.9 Å². The average molecular weight is 644 g/mol. The first kappa shape index (κ1) is 29.1. The third-order valence-corrected chi connectivity index (χ3v) is 10.8. The van der Waals surface area contributed by atoms with E-state index in [9.17, 15) is 4.79 Å². The lowest BCUT2D eigenvalue weighted by Gasteiger charge is -2.54. The first-order valence-corrected chi connectivity index (χ1v) is 16.7. The van der Waals surface area contributed by atoms with Gasteiger partial charge in [0.2, 0.25) is 0 Å². The summed E-state index contributed by atoms with van der Waals surface area (Å²) < 4.78 is 8.13. The Kier molecular flexibility index (Phi) is 7.01. The van der Waals surface area contributed by atoms with Gasteiger partial charge in [-0.05, 0) is 73.2 Å². The molecule has 9 rings (SSSR count). The Morgan fingerprint density at radius 1 is 0.771 bits per heavy atom. The molecule has 4 fully saturated rings. The van der Waals surface area contributed by atoms with Gasteiger partial charge in [0.05, 0.1) is 23.3 Å². The smallest absolute Gasteiger partial charge is 0.354 e. The number of benzene rings is 2. The molecule has 48 heavy (non-hydrogen) atoms. The quantitative estimate of drug-likeness (QED) is 0.249. The van der Waals surface area contributed by atoms with Crippen LogP contribution in [-0.2, 0) is 0 Å². The Bertz CT molecular complexity index is 1940. The van der Waals surface area contributed by atoms with Crippen LogP contribution in [0.1, 0.15) is 29.4 Å². The van der Waals surface area contributed by atoms with Gasteiger partial charge in [-0.1, -0.05) is 18.2 Å². The fraction of sp³-hybridized carbons (Fsp3) is 0.361. The minimum absolute atomic E-state index is 0.0842. The number of nitrogen functional groups attached to an aromatic ring is 1. The van der Waals surface area contributed by atoms with Gasteiger partial charge in [0.25, 0.3) is 0 Å². The summed E-state index contributed by atoms with van der Waals surface area (Å²) in [6, 6.07) is 22.6. The molecule has 3 aliphatic heterocycles. The predicted octanol–water partition coefficient (Wildman–Crippen LogP) is 4.42. The Balaban J connectivity index is 0.823. The summed E-state index contributed by atoms with van der Waals surface area (Å²) in [6.45, 7) is 6.46. The maximum absolute atomic E-state index is 11.1. The topological polar surface area (TPSA) is 139 Å². The van der Waals surface area contributed by atoms with E-state index in [0.29, 0.717) is 29.7 Å². The maximum Gasteiger partial charge on any atom is 0.354 e. The van der Waals surface area contributed by atoms with E-state index < -0.39 is 5.97 Å². The maximum atomic E-state index is 11.1. The minimum atomic E-state index is -0.993. The number of nitrogens with zero attached hydrogens (tertiary/aromatic N) is 8. The highest BCUT2D eigenvalue weighted by Gasteiger charge is 2.48. The zero-order valence-electron chi connectivity index (χ0n) is 26.5. The van der Waals surface area contributed by atoms with Crippen molar-refractivity contribution in [2.45, 2.75) is 31.0 Å². The van der Waals surface area contributed by atoms with Gasteiger partial charge in [0.15, 0.2) is 5.65 Å². The number of hydrogen-bond acceptors (Lipinski definition) is 10. The number of likely N-dealkylation sites (tertiary alicyclic amines) is 2. The van der Waals surface area contributed by atoms with Crippen molar-refractivity contribution >= 4 is 28.5 Å². The Morgan fingerprint density at radius 3 is 2.15 bits per heavy atom. The second kappa shape index (κ2) is 11.6. The van der Waals surface area contributed by atoms with Crippen LogP contribution in [0.15, 0.2) is 79.3 Å². The van der Waals surface area contributed by atoms with Crippen LogP contribution < -0.4 is 15.4 Å². The third-order valence-electron chi connectivity index (χ3n) is 10.8. The number of pyridine rings is 1. The zero-order chi connectivity index (χ0) is 32.4. The molecule has 12 nitrogen and oxygen atoms in total. The Labute approximate surface area is 277 Å². The zero-order valence-corrected chi connectivity index (χ0v) is 26.5. The molecule has 5 aromatic rings. The monoisotopic (exact) mass is 643 g/mol. The first-order valence-electron chi connectivity index (χ1n) is 16.7. The molecule has 4 aliphatic rings. The third kappa shape index (κ3) is 5.12. The van der Waals surface area contributed by atoms with E-state index in [2.05, 4.69) is 34.3 Å². The van der Waals surface area contributed by atoms with Crippen molar-refractivity contribution in [3.63, 3.8) is 0 Å². The number of carboxylic acids is 1. The van der Waals surface area contributed by atoms with Crippen LogP contribution in [0.3, 0.4) is 0 Å². The normalized spacial score (nSPS) is 23.2. The number of nitrogens with two attached hydrogens (primary N) is 1. The molecule has 2 atom stereocenters. The van der Waals surface area contributed by atoms with Crippen molar-refractivity contribution in [2.24, 2.45) is 11.8 Å². The van der Waals surface area contributed by atoms with E-state index in [1.165, 1.54) is 0 Å². The highest BCUT2D eigenvalue weighted by Crippen LogP contribution is 2.46. The average Bonchev–Trinajstić information content (AvgIpc) is 3.75. The highest BCUT2D eigenvalue weighted by atomic mass is 16.5. The number of hydrogen-bond donors (Lipinski definition) is 2. The molecule has 3 aromatic heterocycles. The van der Waals surface area contributed by atoms with E-state index in [4.69, 9.17) is 20.7 Å². The fourth-order valence-corrected chi connectivity index (χ4v) is 8.17. The van der Waals surface area contributed by atoms with Gasteiger partial charge in [-0.25, -0.2) is 24.4 Å². The van der Waals surface area contributed by atoms with Crippen molar-refractivity contribution in [1.29, 1.82) is 0 Å². The van der Waals surface area contributed by atoms with E-state index in [0.717, 1.165) is 91.6 Å². The van der Waals surface area contributed by atoms with E-state index in [-0.39, 0.29) is 11.7 Å². The number of para-hydroxylation sites is 1. The van der Waals surface area contributed by atoms with Crippen LogP contribution in [0.25, 0.3) is 22.3 Å². The van der Waals surface area contributed by atoms with Crippen LogP contribution in [0, 0.1) is 11.8 Å². The molecule has 244 valence electrons. The van der Waals surface area contributed by atoms with Gasteiger partial charge < -0.3 is 20.5 Å². The first-order chi connectivity index (χ1) is 23.5. The second-order valence-electron chi connectivity index (χ2n) is 13.7. The van der Waals surface area contributed by atoms with Crippen LogP contribution in [0.2, 0.25) is 0 Å². The number of anilines is 2. The summed E-state index contributed by atoms with van der Waals surface area (Å²) >= 11 is 0. The number of carboxylic acid groups (broad SMARTS) is 1. The van der Waals surface area contributed by atoms with Gasteiger partial charge in [-0.2, -0.15) is 5.10 Å². The lowest BCUT2D eigenvalue weighted by Crippen LogP contribution is -2.69. The molecular formula is C36H37N9O3. The fourth-order valence-electron chi connectivity index (χ4n) is 8.17. The van der Waals surface area contributed by atoms with E-state index in [1.807, 2.05) is 60.7 Å². The summed E-state index contributed by atoms with van der Waals surface area (Å²) in [5, 5.41) is 15.1. The van der Waals surface area contributed by atoms with Crippen LogP contribution in [0.4, 0.5) is 11.5 Å². The lowest BCUT2D eigenvalue weighted by molar-refractivity contribution is 0.00277. The van der Waals surface area contributed by atoms with Gasteiger partial charge >= 0.3 is 5.97 Å². The molecule has 0 amide bonds. The van der Waals surface area contributed by atoms with Gasteiger partial charge in [-0.15, -0.1) is 0 Å². The molecular weight excluding hydrogens is 606 g/mol. The molecule has 2 unspecified atom stereocenters. The van der Waals surface area contributed by atoms with Gasteiger partial charge in [0, 0.05) is 56.9 Å². The largest absolute Gasteiger partial charge is 0.477 e. The van der Waals surface area contributed by atoms with Crippen LogP contribution >= 0.6 is 0 Å². The van der Waals surface area contributed by atoms with Crippen LogP contribution in [0.5, 0.6) is 11.5 Å². The summed E-state index contributed by atoms with van der Waals surface area (Å²) in [5.41, 5.74) is 10.1. The predicted molar refractivity (Wildman–Crippen MR) is 181 cm³/mol. The molecule has 6 heterocycles. The number of aromatic nitrogens is 5. The van der Waals surface area contributed by atoms with Crippen molar-refractivity contribution < 1.29 is 14.6 Å². The van der Waals surface area contributed by atoms with Crippen molar-refractivity contribution in [3.8, 4) is 22.8 Å². The molecule has 0 spiro atoms. The number of rotatable bonds is 8. The Hall–Kier alpha value is -5.07. The number of ether oxygens (including phenoxy) is 1. The SMILES string of the molecule is Nc1ncnc2c1c(-c1ccc(Oc3ccccc3)cc1)nn2C1CC2CN(C3CN(C4CN(c5ccc(C(=O)O)nc5)C4)C3)CC2C1. The van der Waals surface area contributed by atoms with Gasteiger partial charge in [-0.3, -0.25) is 9.80 Å². The molecule has 0 radical (unpaired) electrons. The summed E-state index contributed by atoms with van der Waals surface area (Å²) in [7, 11) is 0. The molecule has 2 aromatic carbocycles. The van der Waals surface area contributed by atoms with Crippen molar-refractivity contribution in [3.05, 3.63) is 84.9 Å². The number of aromatic carboxylic acids is 1. The van der Waals surface area contributed by atoms with E-state index >= 15 is 0 Å². The lowest BCUT2D eigenvalue weighted by atomic mass is 9.98. The number of carbonyl (C=O) groups is 1. The van der Waals surface area contributed by atoms with Crippen molar-refractivity contribution in [1.82, 2.24) is 34.5 Å². The molecule has 1 saturated carbocycles. The molecule has 1 aliphatic carbocycles. The number of fused-ring (bicyclic) bond motifs is 2. The summed E-state index contributed by atoms with van der Waals surface area (Å²) in [6.07, 6.45) is 5.40. The van der Waals surface area contributed by atoms with Crippen LogP contribution in [-0.4, -0.2) is 97.0 Å². The second-order valence-corrected chi connectivity index (χ2v) is 13.7. The highest BCUT2D eigenvalue weighted by molar-refractivity contribution is 5.98. The molecule has 0 bridgehead atoms. The molecule has 12 heteroatoms. The van der Waals surface area contributed by atoms with E-state index in [1.54, 1.807) is 18.6 Å². The summed E-state index contributed by atoms with van der Waals surface area (Å²) in [5.74, 6) is 2.32. The van der Waals surface area contributed by atoms with Gasteiger partial charge in [0.1, 0.15) is 35.0 Å². The molecule has 3 N–H and O–H groups in total. The molecule has 3 saturated heterocycles. The standard InChI is InChI=1S/C36H37N9O3/c37-34-32-33(22-6-9-30(10-7-22)48-29-4-2-1-3-5-29)41-45(35(32)40-21-39-34)26-12-23-15-42(16-24(23)13-26)27-19-44(20-27)28-17-43(18-28)25-8-11-31(36(46)47)38-14-25/h1-11,14,21,23-24,26-28H,12-13,15-20H2,(H,46,47)(H2,37,39,40).